The van der Waals surface area contributed by atoms with E-state index in [-0.39, 0.29) is 5.82 Å². The van der Waals surface area contributed by atoms with Crippen LogP contribution in [0, 0.1) is 12.7 Å². The molecule has 1 aromatic heterocycles. The molecule has 0 atom stereocenters. The Morgan fingerprint density at radius 3 is 2.53 bits per heavy atom. The number of hydrogen-bond acceptors (Lipinski definition) is 2. The predicted octanol–water partition coefficient (Wildman–Crippen LogP) is 3.38. The van der Waals surface area contributed by atoms with E-state index in [2.05, 4.69) is 10.4 Å². The number of halogens is 1. The molecule has 0 saturated carbocycles. The molecule has 0 aliphatic rings. The van der Waals surface area contributed by atoms with Gasteiger partial charge in [0.05, 0.1) is 5.01 Å². The Morgan fingerprint density at radius 1 is 1.20 bits per heavy atom. The highest BCUT2D eigenvalue weighted by atomic mass is 32.1. The Bertz CT molecular complexity index is 433. The van der Waals surface area contributed by atoms with E-state index in [4.69, 9.17) is 0 Å². The quantitative estimate of drug-likeness (QED) is 0.774. The molecule has 0 amide bonds. The zero-order valence-electron chi connectivity index (χ0n) is 8.53. The number of hydrogen-bond donors (Lipinski definition) is 0. The molecule has 3 heteroatoms. The molecule has 0 fully saturated rings. The first kappa shape index (κ1) is 10.3. The molecule has 2 aromatic rings. The van der Waals surface area contributed by atoms with Crippen molar-refractivity contribution in [1.29, 1.82) is 0 Å². The van der Waals surface area contributed by atoms with E-state index in [0.29, 0.717) is 0 Å². The second-order valence-corrected chi connectivity index (χ2v) is 4.45. The van der Waals surface area contributed by atoms with Crippen LogP contribution in [0.3, 0.4) is 0 Å². The summed E-state index contributed by atoms with van der Waals surface area (Å²) >= 11 is 1.69. The van der Waals surface area contributed by atoms with E-state index in [0.717, 1.165) is 29.1 Å². The molecule has 1 aromatic carbocycles. The van der Waals surface area contributed by atoms with Gasteiger partial charge in [-0.3, -0.25) is 0 Å². The van der Waals surface area contributed by atoms with Crippen molar-refractivity contribution in [3.63, 3.8) is 0 Å². The van der Waals surface area contributed by atoms with E-state index in [1.54, 1.807) is 11.3 Å². The summed E-state index contributed by atoms with van der Waals surface area (Å²) in [5.41, 5.74) is 2.23. The van der Waals surface area contributed by atoms with Gasteiger partial charge in [-0.2, -0.15) is 0 Å². The normalized spacial score (nSPS) is 10.5. The van der Waals surface area contributed by atoms with Gasteiger partial charge in [-0.15, -0.1) is 11.3 Å². The number of benzene rings is 1. The fourth-order valence-corrected chi connectivity index (χ4v) is 2.20. The lowest BCUT2D eigenvalue weighted by molar-refractivity contribution is 0.627. The van der Waals surface area contributed by atoms with Gasteiger partial charge in [-0.25, -0.2) is 9.37 Å². The average Bonchev–Trinajstić information content (AvgIpc) is 2.64. The molecule has 0 aliphatic carbocycles. The van der Waals surface area contributed by atoms with Crippen molar-refractivity contribution in [1.82, 2.24) is 4.98 Å². The van der Waals surface area contributed by atoms with E-state index in [9.17, 15) is 4.39 Å². The van der Waals surface area contributed by atoms with Crippen LogP contribution in [0.2, 0.25) is 0 Å². The molecule has 0 radical (unpaired) electrons. The Labute approximate surface area is 92.6 Å². The van der Waals surface area contributed by atoms with E-state index in [1.165, 1.54) is 12.1 Å². The Kier molecular flexibility index (Phi) is 3.11. The molecule has 0 saturated heterocycles. The average molecular weight is 221 g/mol. The van der Waals surface area contributed by atoms with Gasteiger partial charge >= 0.3 is 0 Å². The maximum Gasteiger partial charge on any atom is 0.123 e. The molecule has 0 aliphatic heterocycles. The fourth-order valence-electron chi connectivity index (χ4n) is 1.42. The first-order valence-corrected chi connectivity index (χ1v) is 5.77. The van der Waals surface area contributed by atoms with Crippen LogP contribution in [0.4, 0.5) is 4.39 Å². The third-order valence-electron chi connectivity index (χ3n) is 2.21. The maximum absolute atomic E-state index is 12.6. The first-order chi connectivity index (χ1) is 7.24. The van der Waals surface area contributed by atoms with Gasteiger partial charge in [-0.05, 0) is 31.0 Å². The summed E-state index contributed by atoms with van der Waals surface area (Å²) in [6.45, 7) is 2.00. The van der Waals surface area contributed by atoms with Crippen molar-refractivity contribution in [3.8, 4) is 0 Å². The van der Waals surface area contributed by atoms with Crippen molar-refractivity contribution >= 4 is 11.3 Å². The van der Waals surface area contributed by atoms with Crippen LogP contribution < -0.4 is 0 Å². The number of aromatic nitrogens is 1. The monoisotopic (exact) mass is 221 g/mol. The van der Waals surface area contributed by atoms with Crippen molar-refractivity contribution in [2.45, 2.75) is 19.8 Å². The summed E-state index contributed by atoms with van der Waals surface area (Å²) in [5.74, 6) is -0.177. The lowest BCUT2D eigenvalue weighted by atomic mass is 10.1. The van der Waals surface area contributed by atoms with Gasteiger partial charge in [0.25, 0.3) is 0 Å². The number of nitrogens with zero attached hydrogens (tertiary/aromatic N) is 1. The van der Waals surface area contributed by atoms with Gasteiger partial charge in [0.2, 0.25) is 0 Å². The van der Waals surface area contributed by atoms with E-state index < -0.39 is 0 Å². The van der Waals surface area contributed by atoms with E-state index in [1.807, 2.05) is 19.1 Å². The predicted molar refractivity (Wildman–Crippen MR) is 60.7 cm³/mol. The molecule has 15 heavy (non-hydrogen) atoms. The molecule has 0 bridgehead atoms. The van der Waals surface area contributed by atoms with Crippen LogP contribution in [0.25, 0.3) is 0 Å². The largest absolute Gasteiger partial charge is 0.247 e. The summed E-state index contributed by atoms with van der Waals surface area (Å²) < 4.78 is 12.6. The van der Waals surface area contributed by atoms with Crippen LogP contribution in [0.15, 0.2) is 29.6 Å². The zero-order chi connectivity index (χ0) is 10.7. The number of rotatable bonds is 3. The molecule has 0 spiro atoms. The third-order valence-corrected chi connectivity index (χ3v) is 3.23. The van der Waals surface area contributed by atoms with Crippen molar-refractivity contribution in [3.05, 3.63) is 51.7 Å². The SMILES string of the molecule is Cc1csc(CCc2ccc(F)cc2)n1. The first-order valence-electron chi connectivity index (χ1n) is 4.89. The molecule has 0 unspecified atom stereocenters. The highest BCUT2D eigenvalue weighted by Gasteiger charge is 2.00. The van der Waals surface area contributed by atoms with E-state index >= 15 is 0 Å². The van der Waals surface area contributed by atoms with Crippen molar-refractivity contribution in [2.24, 2.45) is 0 Å². The van der Waals surface area contributed by atoms with Gasteiger partial charge in [-0.1, -0.05) is 12.1 Å². The smallest absolute Gasteiger partial charge is 0.123 e. The second kappa shape index (κ2) is 4.53. The fraction of sp³-hybridized carbons (Fsp3) is 0.250. The summed E-state index contributed by atoms with van der Waals surface area (Å²) in [4.78, 5) is 4.39. The molecule has 1 heterocycles. The minimum atomic E-state index is -0.177. The minimum absolute atomic E-state index is 0.177. The van der Waals surface area contributed by atoms with Gasteiger partial charge < -0.3 is 0 Å². The Hall–Kier alpha value is -1.22. The molecule has 78 valence electrons. The third kappa shape index (κ3) is 2.86. The highest BCUT2D eigenvalue weighted by Crippen LogP contribution is 2.12. The number of thiazole rings is 1. The summed E-state index contributed by atoms with van der Waals surface area (Å²) in [6, 6.07) is 6.66. The summed E-state index contributed by atoms with van der Waals surface area (Å²) in [6.07, 6.45) is 1.86. The van der Waals surface area contributed by atoms with Crippen molar-refractivity contribution in [2.75, 3.05) is 0 Å². The maximum atomic E-state index is 12.6. The van der Waals surface area contributed by atoms with Crippen LogP contribution in [-0.4, -0.2) is 4.98 Å². The van der Waals surface area contributed by atoms with Crippen LogP contribution in [-0.2, 0) is 12.8 Å². The van der Waals surface area contributed by atoms with Crippen LogP contribution in [0.1, 0.15) is 16.3 Å². The zero-order valence-corrected chi connectivity index (χ0v) is 9.35. The van der Waals surface area contributed by atoms with Crippen molar-refractivity contribution < 1.29 is 4.39 Å². The molecule has 1 nitrogen and oxygen atoms in total. The van der Waals surface area contributed by atoms with Gasteiger partial charge in [0.1, 0.15) is 5.82 Å². The highest BCUT2D eigenvalue weighted by molar-refractivity contribution is 7.09. The lowest BCUT2D eigenvalue weighted by Gasteiger charge is -1.98. The number of aryl methyl sites for hydroxylation is 3. The molecular weight excluding hydrogens is 209 g/mol. The van der Waals surface area contributed by atoms with Gasteiger partial charge in [0, 0.05) is 17.5 Å². The lowest BCUT2D eigenvalue weighted by Crippen LogP contribution is -1.90. The standard InChI is InChI=1S/C12H12FNS/c1-9-8-15-12(14-9)7-4-10-2-5-11(13)6-3-10/h2-3,5-6,8H,4,7H2,1H3. The molecule has 2 rings (SSSR count). The van der Waals surface area contributed by atoms with Crippen LogP contribution in [0.5, 0.6) is 0 Å². The van der Waals surface area contributed by atoms with Gasteiger partial charge in [0.15, 0.2) is 0 Å². The second-order valence-electron chi connectivity index (χ2n) is 3.51. The molecule has 0 N–H and O–H groups in total. The topological polar surface area (TPSA) is 12.9 Å². The summed E-state index contributed by atoms with van der Waals surface area (Å²) in [5, 5.41) is 3.21. The summed E-state index contributed by atoms with van der Waals surface area (Å²) in [7, 11) is 0. The molecular formula is C12H12FNS. The van der Waals surface area contributed by atoms with Crippen LogP contribution >= 0.6 is 11.3 Å². The minimum Gasteiger partial charge on any atom is -0.247 e. The Morgan fingerprint density at radius 2 is 1.93 bits per heavy atom. The Balaban J connectivity index is 1.96.